The average Bonchev–Trinajstić information content (AvgIpc) is 2.64. The first-order valence-electron chi connectivity index (χ1n) is 7.68. The summed E-state index contributed by atoms with van der Waals surface area (Å²) in [5.74, 6) is 0.203. The van der Waals surface area contributed by atoms with Crippen LogP contribution in [0.3, 0.4) is 0 Å². The van der Waals surface area contributed by atoms with Crippen molar-refractivity contribution in [3.63, 3.8) is 0 Å². The van der Waals surface area contributed by atoms with Crippen molar-refractivity contribution in [2.24, 2.45) is 5.73 Å². The summed E-state index contributed by atoms with van der Waals surface area (Å²) in [7, 11) is 2.99. The fraction of sp³-hybridized carbons (Fsp3) is 0.222. The van der Waals surface area contributed by atoms with E-state index in [1.807, 2.05) is 6.07 Å². The van der Waals surface area contributed by atoms with Crippen molar-refractivity contribution in [2.75, 3.05) is 14.2 Å². The number of nitriles is 1. The number of hydrogen-bond acceptors (Lipinski definition) is 7. The molecule has 0 fully saturated rings. The van der Waals surface area contributed by atoms with Crippen LogP contribution < -0.4 is 25.5 Å². The Morgan fingerprint density at radius 2 is 2.04 bits per heavy atom. The first-order chi connectivity index (χ1) is 12.4. The summed E-state index contributed by atoms with van der Waals surface area (Å²) in [4.78, 5) is 12.7. The molecule has 2 heterocycles. The molecular weight excluding hydrogens is 338 g/mol. The summed E-state index contributed by atoms with van der Waals surface area (Å²) in [6, 6.07) is 8.49. The Balaban J connectivity index is 2.35. The van der Waals surface area contributed by atoms with Crippen LogP contribution in [0, 0.1) is 18.3 Å². The van der Waals surface area contributed by atoms with Crippen molar-refractivity contribution >= 4 is 0 Å². The number of allylic oxidation sites excluding steroid dienone is 1. The van der Waals surface area contributed by atoms with Crippen LogP contribution in [0.25, 0.3) is 0 Å². The first-order valence-corrected chi connectivity index (χ1v) is 7.68. The highest BCUT2D eigenvalue weighted by Crippen LogP contribution is 2.44. The summed E-state index contributed by atoms with van der Waals surface area (Å²) in [6.07, 6.45) is 0. The van der Waals surface area contributed by atoms with Gasteiger partial charge < -0.3 is 25.2 Å². The maximum absolute atomic E-state index is 12.7. The number of aromatic nitrogens is 1. The number of pyridine rings is 1. The average molecular weight is 355 g/mol. The quantitative estimate of drug-likeness (QED) is 0.803. The third-order valence-corrected chi connectivity index (χ3v) is 4.30. The Kier molecular flexibility index (Phi) is 4.22. The van der Waals surface area contributed by atoms with Gasteiger partial charge in [-0.15, -0.1) is 0 Å². The molecule has 0 saturated carbocycles. The zero-order valence-corrected chi connectivity index (χ0v) is 14.4. The maximum Gasteiger partial charge on any atom is 0.291 e. The molecule has 0 spiro atoms. The molecule has 8 nitrogen and oxygen atoms in total. The first kappa shape index (κ1) is 17.2. The molecule has 0 amide bonds. The van der Waals surface area contributed by atoms with Crippen LogP contribution in [-0.2, 0) is 0 Å². The van der Waals surface area contributed by atoms with Crippen LogP contribution in [0.4, 0.5) is 0 Å². The lowest BCUT2D eigenvalue weighted by atomic mass is 9.83. The van der Waals surface area contributed by atoms with E-state index < -0.39 is 11.5 Å². The molecule has 1 atom stereocenters. The summed E-state index contributed by atoms with van der Waals surface area (Å²) in [5, 5.41) is 19.6. The second kappa shape index (κ2) is 6.37. The van der Waals surface area contributed by atoms with Gasteiger partial charge in [0.05, 0.1) is 31.4 Å². The molecule has 8 heteroatoms. The third-order valence-electron chi connectivity index (χ3n) is 4.30. The van der Waals surface area contributed by atoms with Gasteiger partial charge in [-0.2, -0.15) is 9.99 Å². The number of methoxy groups -OCH3 is 2. The molecule has 26 heavy (non-hydrogen) atoms. The topological polar surface area (TPSA) is 120 Å². The van der Waals surface area contributed by atoms with Crippen LogP contribution in [-0.4, -0.2) is 24.2 Å². The standard InChI is InChI=1S/C18H17N3O5/c1-9-6-14-16(18(22)21(9)23)15(12(8-19)17(20)26-14)11-5-4-10(24-2)7-13(11)25-3/h4-7,15,23H,20H2,1-3H3/t15-/m0/s1. The second-order valence-electron chi connectivity index (χ2n) is 5.71. The van der Waals surface area contributed by atoms with Gasteiger partial charge in [-0.1, -0.05) is 6.07 Å². The van der Waals surface area contributed by atoms with E-state index in [0.717, 1.165) is 0 Å². The van der Waals surface area contributed by atoms with E-state index in [2.05, 4.69) is 0 Å². The van der Waals surface area contributed by atoms with Gasteiger partial charge >= 0.3 is 0 Å². The highest BCUT2D eigenvalue weighted by molar-refractivity contribution is 5.59. The van der Waals surface area contributed by atoms with Crippen molar-refractivity contribution in [1.29, 1.82) is 5.26 Å². The van der Waals surface area contributed by atoms with Crippen LogP contribution in [0.15, 0.2) is 40.5 Å². The number of aryl methyl sites for hydroxylation is 1. The number of benzene rings is 1. The van der Waals surface area contributed by atoms with E-state index in [4.69, 9.17) is 19.9 Å². The highest BCUT2D eigenvalue weighted by Gasteiger charge is 2.36. The lowest BCUT2D eigenvalue weighted by molar-refractivity contribution is 0.165. The van der Waals surface area contributed by atoms with Crippen LogP contribution in [0.5, 0.6) is 17.2 Å². The van der Waals surface area contributed by atoms with Gasteiger partial charge in [0.2, 0.25) is 5.88 Å². The predicted molar refractivity (Wildman–Crippen MR) is 91.5 cm³/mol. The third kappa shape index (κ3) is 2.50. The molecule has 0 radical (unpaired) electrons. The summed E-state index contributed by atoms with van der Waals surface area (Å²) >= 11 is 0. The summed E-state index contributed by atoms with van der Waals surface area (Å²) in [5.41, 5.74) is 6.19. The Morgan fingerprint density at radius 1 is 1.31 bits per heavy atom. The molecule has 0 aliphatic carbocycles. The van der Waals surface area contributed by atoms with Gasteiger partial charge in [0.25, 0.3) is 5.56 Å². The van der Waals surface area contributed by atoms with E-state index in [0.29, 0.717) is 21.8 Å². The van der Waals surface area contributed by atoms with Crippen LogP contribution in [0.2, 0.25) is 0 Å². The molecule has 0 bridgehead atoms. The minimum atomic E-state index is -0.851. The number of nitrogens with zero attached hydrogens (tertiary/aromatic N) is 2. The van der Waals surface area contributed by atoms with E-state index in [1.54, 1.807) is 25.1 Å². The number of nitrogens with two attached hydrogens (primary N) is 1. The zero-order chi connectivity index (χ0) is 19.0. The smallest absolute Gasteiger partial charge is 0.291 e. The second-order valence-corrected chi connectivity index (χ2v) is 5.71. The number of ether oxygens (including phenoxy) is 3. The van der Waals surface area contributed by atoms with Crippen molar-refractivity contribution in [1.82, 2.24) is 4.73 Å². The fourth-order valence-electron chi connectivity index (χ4n) is 3.01. The minimum absolute atomic E-state index is 0.0573. The summed E-state index contributed by atoms with van der Waals surface area (Å²) < 4.78 is 16.6. The monoisotopic (exact) mass is 355 g/mol. The van der Waals surface area contributed by atoms with Gasteiger partial charge in [0.15, 0.2) is 0 Å². The van der Waals surface area contributed by atoms with Crippen molar-refractivity contribution in [3.8, 4) is 23.3 Å². The molecule has 0 saturated heterocycles. The van der Waals surface area contributed by atoms with Crippen LogP contribution in [0.1, 0.15) is 22.7 Å². The lowest BCUT2D eigenvalue weighted by Crippen LogP contribution is -2.32. The largest absolute Gasteiger partial charge is 0.497 e. The molecule has 1 aliphatic rings. The SMILES string of the molecule is COc1ccc([C@H]2C(C#N)=C(N)Oc3cc(C)n(O)c(=O)c32)c(OC)c1. The van der Waals surface area contributed by atoms with E-state index in [1.165, 1.54) is 20.3 Å². The zero-order valence-electron chi connectivity index (χ0n) is 14.4. The van der Waals surface area contributed by atoms with Gasteiger partial charge in [-0.3, -0.25) is 4.79 Å². The van der Waals surface area contributed by atoms with Crippen LogP contribution >= 0.6 is 0 Å². The van der Waals surface area contributed by atoms with Gasteiger partial charge in [0, 0.05) is 17.7 Å². The van der Waals surface area contributed by atoms with Gasteiger partial charge in [0.1, 0.15) is 28.9 Å². The van der Waals surface area contributed by atoms with Crippen molar-refractivity contribution < 1.29 is 19.4 Å². The molecule has 2 aromatic rings. The maximum atomic E-state index is 12.7. The van der Waals surface area contributed by atoms with E-state index >= 15 is 0 Å². The number of fused-ring (bicyclic) bond motifs is 1. The number of hydrogen-bond donors (Lipinski definition) is 2. The Hall–Kier alpha value is -3.60. The molecule has 0 unspecified atom stereocenters. The fourth-order valence-corrected chi connectivity index (χ4v) is 3.01. The molecule has 1 aliphatic heterocycles. The summed E-state index contributed by atoms with van der Waals surface area (Å²) in [6.45, 7) is 1.55. The van der Waals surface area contributed by atoms with E-state index in [9.17, 15) is 15.3 Å². The molecule has 3 rings (SSSR count). The Morgan fingerprint density at radius 3 is 2.65 bits per heavy atom. The normalized spacial score (nSPS) is 15.7. The highest BCUT2D eigenvalue weighted by atomic mass is 16.5. The molecule has 134 valence electrons. The lowest BCUT2D eigenvalue weighted by Gasteiger charge is -2.27. The van der Waals surface area contributed by atoms with E-state index in [-0.39, 0.29) is 28.5 Å². The molecule has 1 aromatic carbocycles. The minimum Gasteiger partial charge on any atom is -0.497 e. The Labute approximate surface area is 149 Å². The molecule has 3 N–H and O–H groups in total. The molecule has 1 aromatic heterocycles. The van der Waals surface area contributed by atoms with Crippen molar-refractivity contribution in [3.05, 3.63) is 62.9 Å². The number of rotatable bonds is 3. The molecular formula is C18H17N3O5. The Bertz CT molecular complexity index is 1020. The predicted octanol–water partition coefficient (Wildman–Crippen LogP) is 1.63. The van der Waals surface area contributed by atoms with Gasteiger partial charge in [-0.05, 0) is 13.0 Å². The van der Waals surface area contributed by atoms with Gasteiger partial charge in [-0.25, -0.2) is 0 Å². The van der Waals surface area contributed by atoms with Crippen molar-refractivity contribution in [2.45, 2.75) is 12.8 Å².